The Bertz CT molecular complexity index is 308. The molecule has 3 N–H and O–H groups in total. The van der Waals surface area contributed by atoms with Gasteiger partial charge in [-0.05, 0) is 19.3 Å². The zero-order valence-electron chi connectivity index (χ0n) is 9.02. The van der Waals surface area contributed by atoms with Crippen molar-refractivity contribution in [1.29, 1.82) is 0 Å². The largest absolute Gasteiger partial charge is 0.550 e. The number of hydrogen-bond donors (Lipinski definition) is 2. The fourth-order valence-corrected chi connectivity index (χ4v) is 3.76. The number of nitrogens with one attached hydrogen (secondary N) is 1. The van der Waals surface area contributed by atoms with E-state index in [0.29, 0.717) is 23.7 Å². The van der Waals surface area contributed by atoms with Crippen LogP contribution in [0.2, 0.25) is 0 Å². The average molecular weight is 242 g/mol. The highest BCUT2D eigenvalue weighted by atomic mass is 32.2. The van der Waals surface area contributed by atoms with Crippen molar-refractivity contribution < 1.29 is 9.90 Å². The third kappa shape index (κ3) is 2.61. The van der Waals surface area contributed by atoms with E-state index < -0.39 is 5.97 Å². The first-order valence-corrected chi connectivity index (χ1v) is 6.63. The molecule has 0 aromatic rings. The highest BCUT2D eigenvalue weighted by molar-refractivity contribution is 8.00. The number of unbranched alkanes of at least 4 members (excludes halogenated alkanes) is 1. The Hall–Kier alpha value is -0.910. The van der Waals surface area contributed by atoms with Gasteiger partial charge in [0.05, 0.1) is 12.1 Å². The van der Waals surface area contributed by atoms with Crippen LogP contribution in [0.15, 0.2) is 4.99 Å². The number of fused-ring (bicyclic) bond motifs is 1. The van der Waals surface area contributed by atoms with E-state index in [9.17, 15) is 9.90 Å². The van der Waals surface area contributed by atoms with Crippen LogP contribution in [0.1, 0.15) is 25.7 Å². The Morgan fingerprint density at radius 2 is 2.44 bits per heavy atom. The summed E-state index contributed by atoms with van der Waals surface area (Å²) >= 11 is 1.91. The normalized spacial score (nSPS) is 32.0. The molecule has 0 amide bonds. The number of guanidine groups is 1. The van der Waals surface area contributed by atoms with Crippen LogP contribution < -0.4 is 16.2 Å². The topological polar surface area (TPSA) is 90.5 Å². The number of rotatable bonds is 5. The summed E-state index contributed by atoms with van der Waals surface area (Å²) in [6.07, 6.45) is 2.79. The number of thioether (sulfide) groups is 1. The second-order valence-corrected chi connectivity index (χ2v) is 5.52. The van der Waals surface area contributed by atoms with Gasteiger partial charge in [0.15, 0.2) is 5.96 Å². The van der Waals surface area contributed by atoms with Crippen LogP contribution in [0.5, 0.6) is 0 Å². The Kier molecular flexibility index (Phi) is 3.58. The number of carboxylic acids is 1. The van der Waals surface area contributed by atoms with Crippen LogP contribution in [0.25, 0.3) is 0 Å². The molecule has 1 saturated heterocycles. The molecule has 1 fully saturated rings. The Labute approximate surface area is 98.9 Å². The molecule has 3 atom stereocenters. The van der Waals surface area contributed by atoms with Crippen molar-refractivity contribution in [3.05, 3.63) is 0 Å². The number of carboxylic acid groups (broad SMARTS) is 1. The summed E-state index contributed by atoms with van der Waals surface area (Å²) in [7, 11) is 0. The molecule has 0 radical (unpaired) electrons. The summed E-state index contributed by atoms with van der Waals surface area (Å²) in [5.41, 5.74) is 5.63. The molecule has 2 rings (SSSR count). The average Bonchev–Trinajstić information content (AvgIpc) is 2.72. The number of aliphatic imine (C=N–C) groups is 1. The van der Waals surface area contributed by atoms with E-state index in [1.807, 2.05) is 11.8 Å². The first kappa shape index (κ1) is 11.6. The predicted molar refractivity (Wildman–Crippen MR) is 62.1 cm³/mol. The van der Waals surface area contributed by atoms with Gasteiger partial charge >= 0.3 is 0 Å². The van der Waals surface area contributed by atoms with Gasteiger partial charge in [-0.25, -0.2) is 4.99 Å². The standard InChI is InChI=1S/C10H17N3O2S/c11-10-12-6-5-16-7(9(6)13-10)3-1-2-4-8(14)15/h6-7,9H,1-5H2,(H,14,15)(H3,11,12,13)/p-1/t6-,7-,9-/m0/s1. The van der Waals surface area contributed by atoms with E-state index in [1.54, 1.807) is 0 Å². The van der Waals surface area contributed by atoms with Crippen LogP contribution in [-0.2, 0) is 4.79 Å². The lowest BCUT2D eigenvalue weighted by molar-refractivity contribution is -0.305. The van der Waals surface area contributed by atoms with Crippen molar-refractivity contribution >= 4 is 23.7 Å². The molecular formula is C10H16N3O2S-. The summed E-state index contributed by atoms with van der Waals surface area (Å²) in [5.74, 6) is 0.636. The van der Waals surface area contributed by atoms with E-state index in [1.165, 1.54) is 0 Å². The fourth-order valence-electron chi connectivity index (χ4n) is 2.24. The van der Waals surface area contributed by atoms with E-state index in [0.717, 1.165) is 18.6 Å². The maximum absolute atomic E-state index is 10.3. The molecule has 90 valence electrons. The van der Waals surface area contributed by atoms with Gasteiger partial charge in [0.1, 0.15) is 0 Å². The second kappa shape index (κ2) is 4.95. The quantitative estimate of drug-likeness (QED) is 0.608. The molecule has 0 aromatic heterocycles. The van der Waals surface area contributed by atoms with Crippen LogP contribution in [0.4, 0.5) is 0 Å². The van der Waals surface area contributed by atoms with Crippen molar-refractivity contribution in [2.45, 2.75) is 43.0 Å². The monoisotopic (exact) mass is 242 g/mol. The fraction of sp³-hybridized carbons (Fsp3) is 0.800. The van der Waals surface area contributed by atoms with Gasteiger partial charge in [-0.3, -0.25) is 0 Å². The minimum Gasteiger partial charge on any atom is -0.550 e. The Morgan fingerprint density at radius 1 is 1.62 bits per heavy atom. The van der Waals surface area contributed by atoms with Gasteiger partial charge < -0.3 is 21.0 Å². The Balaban J connectivity index is 1.72. The molecule has 0 unspecified atom stereocenters. The number of nitrogens with two attached hydrogens (primary N) is 1. The molecule has 2 aliphatic rings. The van der Waals surface area contributed by atoms with E-state index in [-0.39, 0.29) is 12.5 Å². The summed E-state index contributed by atoms with van der Waals surface area (Å²) in [6.45, 7) is 0. The minimum absolute atomic E-state index is 0.162. The van der Waals surface area contributed by atoms with Crippen molar-refractivity contribution in [1.82, 2.24) is 5.32 Å². The zero-order chi connectivity index (χ0) is 11.5. The summed E-state index contributed by atoms with van der Waals surface area (Å²) in [4.78, 5) is 14.6. The molecule has 2 heterocycles. The lowest BCUT2D eigenvalue weighted by atomic mass is 10.0. The molecule has 2 aliphatic heterocycles. The number of hydrogen-bond acceptors (Lipinski definition) is 6. The Morgan fingerprint density at radius 3 is 3.19 bits per heavy atom. The second-order valence-electron chi connectivity index (χ2n) is 4.25. The molecule has 0 aliphatic carbocycles. The molecule has 0 aromatic carbocycles. The van der Waals surface area contributed by atoms with Crippen molar-refractivity contribution in [3.63, 3.8) is 0 Å². The SMILES string of the molecule is NC1=N[C@H]2[C@H](CS[C@H]2CCCCC(=O)[O-])N1. The predicted octanol–water partition coefficient (Wildman–Crippen LogP) is -0.933. The third-order valence-corrected chi connectivity index (χ3v) is 4.52. The van der Waals surface area contributed by atoms with Gasteiger partial charge in [0, 0.05) is 17.0 Å². The van der Waals surface area contributed by atoms with Gasteiger partial charge in [0.25, 0.3) is 0 Å². The first-order valence-electron chi connectivity index (χ1n) is 5.58. The highest BCUT2D eigenvalue weighted by Gasteiger charge is 2.39. The molecule has 5 nitrogen and oxygen atoms in total. The lowest BCUT2D eigenvalue weighted by Crippen LogP contribution is -2.38. The maximum atomic E-state index is 10.3. The van der Waals surface area contributed by atoms with Crippen LogP contribution >= 0.6 is 11.8 Å². The molecule has 16 heavy (non-hydrogen) atoms. The number of aliphatic carboxylic acids is 1. The molecule has 0 bridgehead atoms. The van der Waals surface area contributed by atoms with E-state index >= 15 is 0 Å². The number of nitrogens with zero attached hydrogens (tertiary/aromatic N) is 1. The first-order chi connectivity index (χ1) is 7.66. The zero-order valence-corrected chi connectivity index (χ0v) is 9.83. The maximum Gasteiger partial charge on any atom is 0.189 e. The van der Waals surface area contributed by atoms with Crippen LogP contribution in [-0.4, -0.2) is 35.0 Å². The van der Waals surface area contributed by atoms with Crippen molar-refractivity contribution in [2.75, 3.05) is 5.75 Å². The van der Waals surface area contributed by atoms with Crippen molar-refractivity contribution in [2.24, 2.45) is 10.7 Å². The van der Waals surface area contributed by atoms with Gasteiger partial charge in [0.2, 0.25) is 0 Å². The summed E-state index contributed by atoms with van der Waals surface area (Å²) < 4.78 is 0. The minimum atomic E-state index is -0.957. The van der Waals surface area contributed by atoms with E-state index in [4.69, 9.17) is 5.73 Å². The smallest absolute Gasteiger partial charge is 0.189 e. The van der Waals surface area contributed by atoms with Gasteiger partial charge in [-0.2, -0.15) is 11.8 Å². The molecule has 6 heteroatoms. The molecular weight excluding hydrogens is 226 g/mol. The molecule has 0 saturated carbocycles. The number of carbonyl (C=O) groups excluding carboxylic acids is 1. The van der Waals surface area contributed by atoms with Gasteiger partial charge in [-0.15, -0.1) is 0 Å². The summed E-state index contributed by atoms with van der Waals surface area (Å²) in [6, 6.07) is 0.670. The van der Waals surface area contributed by atoms with Gasteiger partial charge in [-0.1, -0.05) is 6.42 Å². The molecule has 0 spiro atoms. The third-order valence-electron chi connectivity index (χ3n) is 3.02. The number of carbonyl (C=O) groups is 1. The van der Waals surface area contributed by atoms with E-state index in [2.05, 4.69) is 10.3 Å². The highest BCUT2D eigenvalue weighted by Crippen LogP contribution is 2.35. The lowest BCUT2D eigenvalue weighted by Gasteiger charge is -2.14. The summed E-state index contributed by atoms with van der Waals surface area (Å²) in [5, 5.41) is 13.9. The van der Waals surface area contributed by atoms with Crippen molar-refractivity contribution in [3.8, 4) is 0 Å². The van der Waals surface area contributed by atoms with Crippen LogP contribution in [0, 0.1) is 0 Å². The van der Waals surface area contributed by atoms with Crippen LogP contribution in [0.3, 0.4) is 0 Å².